The molecule has 21 heavy (non-hydrogen) atoms. The van der Waals surface area contributed by atoms with E-state index in [-0.39, 0.29) is 11.0 Å². The lowest BCUT2D eigenvalue weighted by Gasteiger charge is -2.37. The number of nitriles is 1. The summed E-state index contributed by atoms with van der Waals surface area (Å²) >= 11 is 0. The van der Waals surface area contributed by atoms with E-state index in [1.165, 1.54) is 38.8 Å². The Morgan fingerprint density at radius 3 is 2.48 bits per heavy atom. The molecule has 1 saturated heterocycles. The first-order valence-electron chi connectivity index (χ1n) is 8.64. The molecule has 1 heterocycles. The van der Waals surface area contributed by atoms with Crippen molar-refractivity contribution in [2.75, 3.05) is 19.6 Å². The molecule has 0 aliphatic carbocycles. The fraction of sp³-hybridized carbons (Fsp3) is 0.944. The number of nitrogens with one attached hydrogen (secondary N) is 1. The molecule has 0 saturated carbocycles. The zero-order valence-electron chi connectivity index (χ0n) is 14.8. The lowest BCUT2D eigenvalue weighted by Crippen LogP contribution is -2.49. The van der Waals surface area contributed by atoms with E-state index in [1.54, 1.807) is 0 Å². The summed E-state index contributed by atoms with van der Waals surface area (Å²) in [4.78, 5) is 2.67. The van der Waals surface area contributed by atoms with Gasteiger partial charge in [-0.05, 0) is 73.4 Å². The molecule has 0 bridgehead atoms. The Morgan fingerprint density at radius 2 is 1.86 bits per heavy atom. The minimum absolute atomic E-state index is 0.158. The van der Waals surface area contributed by atoms with Gasteiger partial charge in [0.05, 0.1) is 11.5 Å². The molecule has 0 aromatic heterocycles. The van der Waals surface area contributed by atoms with Crippen molar-refractivity contribution in [3.05, 3.63) is 0 Å². The van der Waals surface area contributed by atoms with Crippen LogP contribution in [0.15, 0.2) is 0 Å². The van der Waals surface area contributed by atoms with Gasteiger partial charge in [0, 0.05) is 18.1 Å². The zero-order valence-corrected chi connectivity index (χ0v) is 14.8. The average molecular weight is 293 g/mol. The van der Waals surface area contributed by atoms with Gasteiger partial charge in [-0.3, -0.25) is 4.90 Å². The van der Waals surface area contributed by atoms with E-state index in [0.29, 0.717) is 6.04 Å². The highest BCUT2D eigenvalue weighted by Crippen LogP contribution is 2.23. The summed E-state index contributed by atoms with van der Waals surface area (Å²) in [5.74, 6) is 0. The number of hydrogen-bond donors (Lipinski definition) is 1. The molecule has 1 N–H and O–H groups in total. The van der Waals surface area contributed by atoms with E-state index in [0.717, 1.165) is 19.4 Å². The van der Waals surface area contributed by atoms with Gasteiger partial charge < -0.3 is 5.32 Å². The summed E-state index contributed by atoms with van der Waals surface area (Å²) in [6.07, 6.45) is 7.44. The number of unbranched alkanes of at least 4 members (excludes halogenated alkanes) is 1. The number of rotatable bonds is 7. The molecular weight excluding hydrogens is 258 g/mol. The van der Waals surface area contributed by atoms with Gasteiger partial charge in [0.15, 0.2) is 0 Å². The van der Waals surface area contributed by atoms with Crippen molar-refractivity contribution in [3.63, 3.8) is 0 Å². The second kappa shape index (κ2) is 8.15. The van der Waals surface area contributed by atoms with Gasteiger partial charge in [-0.2, -0.15) is 5.26 Å². The second-order valence-corrected chi connectivity index (χ2v) is 8.27. The van der Waals surface area contributed by atoms with Crippen LogP contribution in [0.25, 0.3) is 0 Å². The molecule has 0 aromatic rings. The summed E-state index contributed by atoms with van der Waals surface area (Å²) in [6, 6.07) is 3.10. The maximum Gasteiger partial charge on any atom is 0.0683 e. The van der Waals surface area contributed by atoms with Crippen LogP contribution >= 0.6 is 0 Å². The minimum atomic E-state index is -0.158. The van der Waals surface area contributed by atoms with Crippen LogP contribution in [0.3, 0.4) is 0 Å². The highest BCUT2D eigenvalue weighted by atomic mass is 15.2. The fourth-order valence-electron chi connectivity index (χ4n) is 2.95. The quantitative estimate of drug-likeness (QED) is 0.722. The molecule has 3 heteroatoms. The summed E-state index contributed by atoms with van der Waals surface area (Å²) < 4.78 is 0. The van der Waals surface area contributed by atoms with E-state index in [1.807, 2.05) is 13.8 Å². The Kier molecular flexibility index (Phi) is 7.16. The van der Waals surface area contributed by atoms with Gasteiger partial charge in [0.1, 0.15) is 0 Å². The Morgan fingerprint density at radius 1 is 1.14 bits per heavy atom. The van der Waals surface area contributed by atoms with E-state index < -0.39 is 0 Å². The van der Waals surface area contributed by atoms with Gasteiger partial charge in [0.25, 0.3) is 0 Å². The summed E-state index contributed by atoms with van der Waals surface area (Å²) in [6.45, 7) is 14.4. The molecule has 1 aliphatic heterocycles. The Bertz CT molecular complexity index is 335. The third kappa shape index (κ3) is 7.83. The van der Waals surface area contributed by atoms with Crippen molar-refractivity contribution in [1.82, 2.24) is 10.2 Å². The SMILES string of the molecule is CC(C)(C#N)CCCCN1CCCCC1CNC(C)(C)C. The van der Waals surface area contributed by atoms with E-state index in [9.17, 15) is 0 Å². The van der Waals surface area contributed by atoms with Crippen LogP contribution < -0.4 is 5.32 Å². The number of nitrogens with zero attached hydrogens (tertiary/aromatic N) is 2. The van der Waals surface area contributed by atoms with Crippen molar-refractivity contribution in [1.29, 1.82) is 5.26 Å². The average Bonchev–Trinajstić information content (AvgIpc) is 2.41. The monoisotopic (exact) mass is 293 g/mol. The van der Waals surface area contributed by atoms with Gasteiger partial charge in [-0.25, -0.2) is 0 Å². The minimum Gasteiger partial charge on any atom is -0.311 e. The Labute approximate surface area is 132 Å². The lowest BCUT2D eigenvalue weighted by atomic mass is 9.89. The summed E-state index contributed by atoms with van der Waals surface area (Å²) in [5.41, 5.74) is 0.0506. The maximum atomic E-state index is 9.06. The maximum absolute atomic E-state index is 9.06. The highest BCUT2D eigenvalue weighted by molar-refractivity contribution is 4.91. The van der Waals surface area contributed by atoms with Crippen molar-refractivity contribution >= 4 is 0 Å². The number of piperidine rings is 1. The van der Waals surface area contributed by atoms with Gasteiger partial charge in [-0.1, -0.05) is 12.8 Å². The molecule has 3 nitrogen and oxygen atoms in total. The van der Waals surface area contributed by atoms with Gasteiger partial charge in [0.2, 0.25) is 0 Å². The largest absolute Gasteiger partial charge is 0.311 e. The van der Waals surface area contributed by atoms with Crippen molar-refractivity contribution in [2.24, 2.45) is 5.41 Å². The summed E-state index contributed by atoms with van der Waals surface area (Å²) in [5, 5.41) is 12.7. The van der Waals surface area contributed by atoms with Crippen LogP contribution in [0.5, 0.6) is 0 Å². The van der Waals surface area contributed by atoms with E-state index >= 15 is 0 Å². The summed E-state index contributed by atoms with van der Waals surface area (Å²) in [7, 11) is 0. The standard InChI is InChI=1S/C18H35N3/c1-17(2,3)20-14-16-10-6-8-12-21(16)13-9-7-11-18(4,5)15-19/h16,20H,6-14H2,1-5H3. The van der Waals surface area contributed by atoms with Crippen LogP contribution in [0.1, 0.15) is 73.1 Å². The fourth-order valence-corrected chi connectivity index (χ4v) is 2.95. The second-order valence-electron chi connectivity index (χ2n) is 8.27. The van der Waals surface area contributed by atoms with Gasteiger partial charge >= 0.3 is 0 Å². The molecule has 1 fully saturated rings. The highest BCUT2D eigenvalue weighted by Gasteiger charge is 2.23. The normalized spacial score (nSPS) is 21.2. The molecule has 1 rings (SSSR count). The van der Waals surface area contributed by atoms with E-state index in [2.05, 4.69) is 37.1 Å². The van der Waals surface area contributed by atoms with Crippen molar-refractivity contribution < 1.29 is 0 Å². The van der Waals surface area contributed by atoms with Crippen LogP contribution in [-0.4, -0.2) is 36.1 Å². The number of hydrogen-bond acceptors (Lipinski definition) is 3. The molecule has 1 aliphatic rings. The van der Waals surface area contributed by atoms with Crippen molar-refractivity contribution in [3.8, 4) is 6.07 Å². The van der Waals surface area contributed by atoms with Crippen LogP contribution in [-0.2, 0) is 0 Å². The van der Waals surface area contributed by atoms with Crippen molar-refractivity contribution in [2.45, 2.75) is 84.7 Å². The number of likely N-dealkylation sites (tertiary alicyclic amines) is 1. The Hall–Kier alpha value is -0.590. The molecule has 1 unspecified atom stereocenters. The smallest absolute Gasteiger partial charge is 0.0683 e. The predicted molar refractivity (Wildman–Crippen MR) is 90.2 cm³/mol. The lowest BCUT2D eigenvalue weighted by molar-refractivity contribution is 0.135. The molecule has 0 aromatic carbocycles. The molecule has 0 spiro atoms. The molecule has 0 amide bonds. The first-order valence-corrected chi connectivity index (χ1v) is 8.64. The molecule has 0 radical (unpaired) electrons. The van der Waals surface area contributed by atoms with E-state index in [4.69, 9.17) is 5.26 Å². The molecule has 122 valence electrons. The zero-order chi connectivity index (χ0) is 15.9. The predicted octanol–water partition coefficient (Wildman–Crippen LogP) is 3.95. The first kappa shape index (κ1) is 18.5. The van der Waals surface area contributed by atoms with Gasteiger partial charge in [-0.15, -0.1) is 0 Å². The topological polar surface area (TPSA) is 39.1 Å². The molecule has 1 atom stereocenters. The van der Waals surface area contributed by atoms with Crippen LogP contribution in [0.4, 0.5) is 0 Å². The third-order valence-corrected chi connectivity index (χ3v) is 4.42. The first-order chi connectivity index (χ1) is 9.73. The van der Waals surface area contributed by atoms with Crippen LogP contribution in [0, 0.1) is 16.7 Å². The third-order valence-electron chi connectivity index (χ3n) is 4.42. The Balaban J connectivity index is 2.32. The molecular formula is C18H35N3. The van der Waals surface area contributed by atoms with Crippen LogP contribution in [0.2, 0.25) is 0 Å².